The Morgan fingerprint density at radius 1 is 1.07 bits per heavy atom. The van der Waals surface area contributed by atoms with Crippen LogP contribution in [0.15, 0.2) is 67.0 Å². The van der Waals surface area contributed by atoms with Gasteiger partial charge in [0, 0.05) is 36.0 Å². The van der Waals surface area contributed by atoms with E-state index in [4.69, 9.17) is 5.73 Å². The predicted octanol–water partition coefficient (Wildman–Crippen LogP) is 2.64. The van der Waals surface area contributed by atoms with E-state index in [1.54, 1.807) is 29.1 Å². The van der Waals surface area contributed by atoms with Gasteiger partial charge in [-0.25, -0.2) is 4.68 Å². The number of carbonyl (C=O) groups excluding carboxylic acids is 2. The number of amides is 2. The number of aryl methyl sites for hydroxylation is 1. The molecule has 0 bridgehead atoms. The van der Waals surface area contributed by atoms with Crippen LogP contribution in [0.1, 0.15) is 16.1 Å². The topological polar surface area (TPSA) is 94.9 Å². The molecule has 2 aromatic heterocycles. The number of hydrogen-bond donors (Lipinski definition) is 2. The normalized spacial score (nSPS) is 10.9. The Kier molecular flexibility index (Phi) is 4.41. The minimum absolute atomic E-state index is 0.0841. The first-order valence-electron chi connectivity index (χ1n) is 8.80. The quantitative estimate of drug-likeness (QED) is 0.563. The van der Waals surface area contributed by atoms with E-state index < -0.39 is 5.91 Å². The molecule has 0 unspecified atom stereocenters. The molecule has 28 heavy (non-hydrogen) atoms. The van der Waals surface area contributed by atoms with Gasteiger partial charge in [-0.3, -0.25) is 9.59 Å². The van der Waals surface area contributed by atoms with Crippen LogP contribution in [0.4, 0.5) is 5.69 Å². The highest BCUT2D eigenvalue weighted by Gasteiger charge is 2.11. The number of primary amides is 1. The van der Waals surface area contributed by atoms with Crippen molar-refractivity contribution in [2.45, 2.75) is 6.42 Å². The fourth-order valence-corrected chi connectivity index (χ4v) is 3.24. The smallest absolute Gasteiger partial charge is 0.269 e. The van der Waals surface area contributed by atoms with Gasteiger partial charge in [0.25, 0.3) is 5.91 Å². The summed E-state index contributed by atoms with van der Waals surface area (Å²) in [7, 11) is 1.97. The molecule has 0 saturated carbocycles. The minimum atomic E-state index is -0.573. The second-order valence-electron chi connectivity index (χ2n) is 6.56. The fraction of sp³-hybridized carbons (Fsp3) is 0.0952. The highest BCUT2D eigenvalue weighted by atomic mass is 16.2. The van der Waals surface area contributed by atoms with Gasteiger partial charge in [0.2, 0.25) is 5.91 Å². The summed E-state index contributed by atoms with van der Waals surface area (Å²) in [5.74, 6) is -0.657. The summed E-state index contributed by atoms with van der Waals surface area (Å²) in [6, 6.07) is 16.8. The molecule has 4 aromatic rings. The molecule has 3 N–H and O–H groups in total. The number of hydrogen-bond acceptors (Lipinski definition) is 3. The third-order valence-electron chi connectivity index (χ3n) is 4.59. The molecule has 0 fully saturated rings. The van der Waals surface area contributed by atoms with Gasteiger partial charge in [-0.1, -0.05) is 18.2 Å². The van der Waals surface area contributed by atoms with Crippen LogP contribution in [0.25, 0.3) is 16.6 Å². The molecular formula is C21H19N5O2. The lowest BCUT2D eigenvalue weighted by Gasteiger charge is -2.07. The molecule has 0 spiro atoms. The van der Waals surface area contributed by atoms with Crippen LogP contribution in [0.2, 0.25) is 0 Å². The maximum Gasteiger partial charge on any atom is 0.269 e. The Morgan fingerprint density at radius 3 is 2.54 bits per heavy atom. The van der Waals surface area contributed by atoms with Crippen molar-refractivity contribution in [3.63, 3.8) is 0 Å². The zero-order chi connectivity index (χ0) is 19.7. The van der Waals surface area contributed by atoms with Crippen LogP contribution in [-0.4, -0.2) is 26.2 Å². The second kappa shape index (κ2) is 7.03. The average molecular weight is 373 g/mol. The van der Waals surface area contributed by atoms with Gasteiger partial charge in [0.15, 0.2) is 0 Å². The van der Waals surface area contributed by atoms with Crippen molar-refractivity contribution in [3.05, 3.63) is 78.2 Å². The van der Waals surface area contributed by atoms with E-state index in [9.17, 15) is 9.59 Å². The molecule has 7 heteroatoms. The molecule has 0 atom stereocenters. The molecule has 0 aliphatic rings. The maximum absolute atomic E-state index is 12.5. The van der Waals surface area contributed by atoms with Crippen LogP contribution in [0, 0.1) is 0 Å². The van der Waals surface area contributed by atoms with Gasteiger partial charge in [-0.15, -0.1) is 0 Å². The lowest BCUT2D eigenvalue weighted by Crippen LogP contribution is -2.14. The molecule has 7 nitrogen and oxygen atoms in total. The molecule has 2 heterocycles. The number of nitrogens with zero attached hydrogens (tertiary/aromatic N) is 3. The van der Waals surface area contributed by atoms with E-state index in [1.807, 2.05) is 54.2 Å². The lowest BCUT2D eigenvalue weighted by molar-refractivity contribution is -0.115. The summed E-state index contributed by atoms with van der Waals surface area (Å²) in [6.07, 6.45) is 3.94. The molecule has 140 valence electrons. The van der Waals surface area contributed by atoms with Crippen LogP contribution < -0.4 is 11.1 Å². The molecular weight excluding hydrogens is 354 g/mol. The number of rotatable bonds is 5. The predicted molar refractivity (Wildman–Crippen MR) is 107 cm³/mol. The highest BCUT2D eigenvalue weighted by molar-refractivity contribution is 5.96. The Bertz CT molecular complexity index is 1170. The molecule has 0 aliphatic heterocycles. The van der Waals surface area contributed by atoms with Gasteiger partial charge in [0.05, 0.1) is 12.1 Å². The first-order chi connectivity index (χ1) is 13.5. The fourth-order valence-electron chi connectivity index (χ4n) is 3.24. The molecule has 2 aromatic carbocycles. The van der Waals surface area contributed by atoms with Crippen LogP contribution in [0.5, 0.6) is 0 Å². The minimum Gasteiger partial charge on any atom is -0.364 e. The number of anilines is 1. The van der Waals surface area contributed by atoms with Gasteiger partial charge >= 0.3 is 0 Å². The van der Waals surface area contributed by atoms with Crippen molar-refractivity contribution in [2.24, 2.45) is 12.8 Å². The molecule has 2 amide bonds. The number of para-hydroxylation sites is 1. The van der Waals surface area contributed by atoms with Crippen molar-refractivity contribution in [3.8, 4) is 5.69 Å². The van der Waals surface area contributed by atoms with Gasteiger partial charge in [0.1, 0.15) is 5.69 Å². The van der Waals surface area contributed by atoms with E-state index in [1.165, 1.54) is 0 Å². The Morgan fingerprint density at radius 2 is 1.82 bits per heavy atom. The summed E-state index contributed by atoms with van der Waals surface area (Å²) < 4.78 is 3.58. The van der Waals surface area contributed by atoms with Crippen LogP contribution in [0.3, 0.4) is 0 Å². The summed E-state index contributed by atoms with van der Waals surface area (Å²) in [5.41, 5.74) is 8.97. The largest absolute Gasteiger partial charge is 0.364 e. The zero-order valence-corrected chi connectivity index (χ0v) is 15.3. The van der Waals surface area contributed by atoms with Crippen molar-refractivity contribution < 1.29 is 9.59 Å². The number of fused-ring (bicyclic) bond motifs is 1. The molecule has 0 aliphatic carbocycles. The van der Waals surface area contributed by atoms with E-state index in [2.05, 4.69) is 10.4 Å². The van der Waals surface area contributed by atoms with E-state index >= 15 is 0 Å². The Balaban J connectivity index is 1.46. The first kappa shape index (κ1) is 17.5. The first-order valence-corrected chi connectivity index (χ1v) is 8.80. The number of aromatic nitrogens is 3. The maximum atomic E-state index is 12.5. The SMILES string of the molecule is Cn1cc(CC(=O)Nc2ccc(-n3ccc(C(N)=O)n3)cc2)c2ccccc21. The standard InChI is InChI=1S/C21H19N5O2/c1-25-13-14(17-4-2-3-5-19(17)25)12-20(27)23-15-6-8-16(9-7-15)26-11-10-18(24-26)21(22)28/h2-11,13H,12H2,1H3,(H2,22,28)(H,23,27). The monoisotopic (exact) mass is 373 g/mol. The zero-order valence-electron chi connectivity index (χ0n) is 15.3. The van der Waals surface area contributed by atoms with E-state index in [0.717, 1.165) is 22.2 Å². The third-order valence-corrected chi connectivity index (χ3v) is 4.59. The van der Waals surface area contributed by atoms with Gasteiger partial charge < -0.3 is 15.6 Å². The number of benzene rings is 2. The lowest BCUT2D eigenvalue weighted by atomic mass is 10.1. The number of nitrogens with one attached hydrogen (secondary N) is 1. The van der Waals surface area contributed by atoms with Crippen molar-refractivity contribution in [2.75, 3.05) is 5.32 Å². The van der Waals surface area contributed by atoms with Crippen molar-refractivity contribution in [1.82, 2.24) is 14.3 Å². The molecule has 0 saturated heterocycles. The summed E-state index contributed by atoms with van der Waals surface area (Å²) in [6.45, 7) is 0. The third kappa shape index (κ3) is 3.37. The second-order valence-corrected chi connectivity index (χ2v) is 6.56. The number of nitrogens with two attached hydrogens (primary N) is 1. The Labute approximate surface area is 161 Å². The van der Waals surface area contributed by atoms with E-state index in [-0.39, 0.29) is 11.6 Å². The Hall–Kier alpha value is -3.87. The number of carbonyl (C=O) groups is 2. The van der Waals surface area contributed by atoms with Gasteiger partial charge in [-0.2, -0.15) is 5.10 Å². The summed E-state index contributed by atoms with van der Waals surface area (Å²) in [4.78, 5) is 23.6. The summed E-state index contributed by atoms with van der Waals surface area (Å²) >= 11 is 0. The average Bonchev–Trinajstić information content (AvgIpc) is 3.29. The van der Waals surface area contributed by atoms with Crippen molar-refractivity contribution >= 4 is 28.4 Å². The van der Waals surface area contributed by atoms with Crippen LogP contribution >= 0.6 is 0 Å². The molecule has 0 radical (unpaired) electrons. The van der Waals surface area contributed by atoms with Gasteiger partial charge in [-0.05, 0) is 42.0 Å². The van der Waals surface area contributed by atoms with Crippen LogP contribution in [-0.2, 0) is 18.3 Å². The van der Waals surface area contributed by atoms with Crippen molar-refractivity contribution in [1.29, 1.82) is 0 Å². The molecule has 4 rings (SSSR count). The summed E-state index contributed by atoms with van der Waals surface area (Å²) in [5, 5.41) is 8.11. The van der Waals surface area contributed by atoms with E-state index in [0.29, 0.717) is 12.1 Å². The highest BCUT2D eigenvalue weighted by Crippen LogP contribution is 2.21.